The van der Waals surface area contributed by atoms with Crippen molar-refractivity contribution in [1.82, 2.24) is 5.16 Å². The third-order valence-corrected chi connectivity index (χ3v) is 7.45. The number of hydrogen-bond acceptors (Lipinski definition) is 5. The van der Waals surface area contributed by atoms with Crippen LogP contribution in [0.25, 0.3) is 0 Å². The number of carbonyl (C=O) groups is 1. The van der Waals surface area contributed by atoms with Gasteiger partial charge in [0.05, 0.1) is 16.6 Å². The van der Waals surface area contributed by atoms with Gasteiger partial charge in [-0.1, -0.05) is 56.3 Å². The van der Waals surface area contributed by atoms with Crippen LogP contribution >= 0.6 is 22.6 Å². The number of halogens is 1. The fourth-order valence-corrected chi connectivity index (χ4v) is 5.99. The van der Waals surface area contributed by atoms with Crippen LogP contribution in [0, 0.1) is 14.9 Å². The zero-order valence-corrected chi connectivity index (χ0v) is 24.4. The Hall–Kier alpha value is -1.41. The van der Waals surface area contributed by atoms with Crippen molar-refractivity contribution in [2.45, 2.75) is 104 Å². The molecule has 0 saturated heterocycles. The summed E-state index contributed by atoms with van der Waals surface area (Å²) < 4.78 is 18.5. The molecule has 1 aliphatic rings. The van der Waals surface area contributed by atoms with E-state index in [1.165, 1.54) is 12.0 Å². The highest BCUT2D eigenvalue weighted by Gasteiger charge is 2.38. The van der Waals surface area contributed by atoms with Crippen molar-refractivity contribution >= 4 is 28.6 Å². The first kappa shape index (κ1) is 28.2. The first-order chi connectivity index (χ1) is 16.4. The summed E-state index contributed by atoms with van der Waals surface area (Å²) in [5, 5.41) is 4.48. The van der Waals surface area contributed by atoms with Gasteiger partial charge in [-0.3, -0.25) is 4.79 Å². The average molecular weight is 596 g/mol. The average Bonchev–Trinajstić information content (AvgIpc) is 3.09. The Morgan fingerprint density at radius 2 is 1.83 bits per heavy atom. The number of benzene rings is 1. The molecule has 0 amide bonds. The van der Waals surface area contributed by atoms with Gasteiger partial charge in [0, 0.05) is 18.4 Å². The molecule has 0 bridgehead atoms. The number of nitrogens with zero attached hydrogens (tertiary/aromatic N) is 1. The molecule has 1 atom stereocenters. The van der Waals surface area contributed by atoms with Crippen molar-refractivity contribution in [1.29, 1.82) is 0 Å². The van der Waals surface area contributed by atoms with Gasteiger partial charge in [0.2, 0.25) is 0 Å². The maximum absolute atomic E-state index is 12.7. The lowest BCUT2D eigenvalue weighted by Crippen LogP contribution is -2.26. The van der Waals surface area contributed by atoms with Crippen molar-refractivity contribution in [3.63, 3.8) is 0 Å². The van der Waals surface area contributed by atoms with E-state index in [2.05, 4.69) is 60.7 Å². The lowest BCUT2D eigenvalue weighted by Gasteiger charge is -2.37. The Bertz CT molecular complexity index is 936. The molecule has 0 spiro atoms. The third kappa shape index (κ3) is 9.19. The fourth-order valence-electron chi connectivity index (χ4n) is 4.91. The smallest absolute Gasteiger partial charge is 0.306 e. The second-order valence-corrected chi connectivity index (χ2v) is 13.3. The van der Waals surface area contributed by atoms with Crippen LogP contribution in [0.5, 0.6) is 0 Å². The van der Waals surface area contributed by atoms with Crippen LogP contribution < -0.4 is 0 Å². The van der Waals surface area contributed by atoms with Crippen molar-refractivity contribution in [3.8, 4) is 0 Å². The highest BCUT2D eigenvalue weighted by atomic mass is 127. The molecule has 3 rings (SSSR count). The lowest BCUT2D eigenvalue weighted by atomic mass is 9.67. The van der Waals surface area contributed by atoms with Crippen molar-refractivity contribution < 1.29 is 18.8 Å². The largest absolute Gasteiger partial charge is 0.460 e. The summed E-state index contributed by atoms with van der Waals surface area (Å²) in [4.78, 5) is 12.7. The molecule has 1 aromatic carbocycles. The number of ether oxygens (including phenoxy) is 2. The highest BCUT2D eigenvalue weighted by molar-refractivity contribution is 14.1. The number of esters is 1. The lowest BCUT2D eigenvalue weighted by molar-refractivity contribution is -0.155. The molecule has 1 heterocycles. The maximum atomic E-state index is 12.7. The predicted octanol–water partition coefficient (Wildman–Crippen LogP) is 8.02. The normalized spacial score (nSPS) is 19.3. The fraction of sp³-hybridized carbons (Fsp3) is 0.655. The minimum atomic E-state index is -0.503. The van der Waals surface area contributed by atoms with Crippen LogP contribution in [0.4, 0.5) is 0 Å². The molecule has 5 nitrogen and oxygen atoms in total. The Morgan fingerprint density at radius 3 is 2.46 bits per heavy atom. The first-order valence-electron chi connectivity index (χ1n) is 12.9. The van der Waals surface area contributed by atoms with Gasteiger partial charge in [0.25, 0.3) is 0 Å². The van der Waals surface area contributed by atoms with Gasteiger partial charge in [-0.25, -0.2) is 0 Å². The maximum Gasteiger partial charge on any atom is 0.306 e. The molecule has 0 N–H and O–H groups in total. The number of aromatic nitrogens is 1. The van der Waals surface area contributed by atoms with E-state index in [9.17, 15) is 4.79 Å². The second-order valence-electron chi connectivity index (χ2n) is 12.2. The molecule has 194 valence electrons. The van der Waals surface area contributed by atoms with Crippen LogP contribution in [0.15, 0.2) is 34.9 Å². The van der Waals surface area contributed by atoms with E-state index in [-0.39, 0.29) is 11.9 Å². The molecular formula is C29H42INO4. The minimum Gasteiger partial charge on any atom is -0.460 e. The van der Waals surface area contributed by atoms with Crippen LogP contribution in [0.3, 0.4) is 0 Å². The van der Waals surface area contributed by atoms with E-state index in [1.807, 2.05) is 39.0 Å². The summed E-state index contributed by atoms with van der Waals surface area (Å²) in [6.07, 6.45) is 5.50. The molecule has 1 aromatic heterocycles. The van der Waals surface area contributed by atoms with Crippen molar-refractivity contribution in [2.75, 3.05) is 6.61 Å². The van der Waals surface area contributed by atoms with Gasteiger partial charge < -0.3 is 14.0 Å². The molecule has 0 unspecified atom stereocenters. The molecule has 0 radical (unpaired) electrons. The topological polar surface area (TPSA) is 61.6 Å². The minimum absolute atomic E-state index is 0.0416. The molecule has 6 heteroatoms. The van der Waals surface area contributed by atoms with Crippen LogP contribution in [0.2, 0.25) is 0 Å². The zero-order valence-electron chi connectivity index (χ0n) is 22.2. The van der Waals surface area contributed by atoms with Gasteiger partial charge in [-0.2, -0.15) is 0 Å². The third-order valence-electron chi connectivity index (χ3n) is 6.36. The predicted molar refractivity (Wildman–Crippen MR) is 147 cm³/mol. The number of hydrogen-bond donors (Lipinski definition) is 0. The number of rotatable bonds is 11. The molecule has 1 aliphatic carbocycles. The quantitative estimate of drug-likeness (QED) is 0.150. The molecule has 0 aliphatic heterocycles. The Balaban J connectivity index is 1.60. The van der Waals surface area contributed by atoms with Gasteiger partial charge in [-0.05, 0) is 92.4 Å². The van der Waals surface area contributed by atoms with E-state index in [0.29, 0.717) is 31.0 Å². The Morgan fingerprint density at radius 1 is 1.14 bits per heavy atom. The molecular weight excluding hydrogens is 553 g/mol. The second kappa shape index (κ2) is 12.2. The highest BCUT2D eigenvalue weighted by Crippen LogP contribution is 2.48. The monoisotopic (exact) mass is 595 g/mol. The van der Waals surface area contributed by atoms with E-state index in [4.69, 9.17) is 14.0 Å². The Kier molecular flexibility index (Phi) is 9.83. The Labute approximate surface area is 224 Å². The summed E-state index contributed by atoms with van der Waals surface area (Å²) >= 11 is 2.37. The van der Waals surface area contributed by atoms with Crippen molar-refractivity contribution in [3.05, 3.63) is 50.9 Å². The SMILES string of the molecule is CC(C)(C)CC1CC(c2onc([C@@H](CCCOCc3ccccc3)CC(=O)OC(C)(C)C)c2I)C1. The van der Waals surface area contributed by atoms with Gasteiger partial charge in [-0.15, -0.1) is 0 Å². The van der Waals surface area contributed by atoms with Gasteiger partial charge >= 0.3 is 5.97 Å². The van der Waals surface area contributed by atoms with E-state index in [0.717, 1.165) is 46.6 Å². The molecule has 35 heavy (non-hydrogen) atoms. The van der Waals surface area contributed by atoms with Gasteiger partial charge in [0.15, 0.2) is 5.76 Å². The first-order valence-corrected chi connectivity index (χ1v) is 14.0. The molecule has 1 saturated carbocycles. The van der Waals surface area contributed by atoms with Gasteiger partial charge in [0.1, 0.15) is 11.3 Å². The van der Waals surface area contributed by atoms with Crippen LogP contribution in [-0.4, -0.2) is 23.3 Å². The summed E-state index contributed by atoms with van der Waals surface area (Å²) in [6, 6.07) is 10.2. The standard InChI is InChI=1S/C29H42INO4/c1-28(2,3)18-21-15-23(16-21)27-25(30)26(31-35-27)22(17-24(32)34-29(4,5)6)13-10-14-33-19-20-11-8-7-9-12-20/h7-9,11-12,21-23H,10,13-19H2,1-6H3/t21?,22-,23?/m0/s1. The zero-order chi connectivity index (χ0) is 25.6. The molecule has 2 aromatic rings. The van der Waals surface area contributed by atoms with E-state index >= 15 is 0 Å². The van der Waals surface area contributed by atoms with Crippen LogP contribution in [0.1, 0.15) is 109 Å². The van der Waals surface area contributed by atoms with Crippen molar-refractivity contribution in [2.24, 2.45) is 11.3 Å². The number of carbonyl (C=O) groups excluding carboxylic acids is 1. The molecule has 1 fully saturated rings. The summed E-state index contributed by atoms with van der Waals surface area (Å²) in [7, 11) is 0. The van der Waals surface area contributed by atoms with E-state index in [1.54, 1.807) is 0 Å². The van der Waals surface area contributed by atoms with E-state index < -0.39 is 5.60 Å². The van der Waals surface area contributed by atoms with Crippen LogP contribution in [-0.2, 0) is 20.9 Å². The summed E-state index contributed by atoms with van der Waals surface area (Å²) in [5.74, 6) is 1.96. The summed E-state index contributed by atoms with van der Waals surface area (Å²) in [6.45, 7) is 13.9. The summed E-state index contributed by atoms with van der Waals surface area (Å²) in [5.41, 5.74) is 1.92.